The van der Waals surface area contributed by atoms with Gasteiger partial charge >= 0.3 is 0 Å². The SMILES string of the molecule is Cc1ccc(=O)n(C2COCC2NC(=O)c2ccc3ncccc3c2)n1. The molecule has 0 radical (unpaired) electrons. The van der Waals surface area contributed by atoms with Gasteiger partial charge in [-0.15, -0.1) is 0 Å². The molecule has 2 atom stereocenters. The fourth-order valence-corrected chi connectivity index (χ4v) is 3.15. The van der Waals surface area contributed by atoms with Gasteiger partial charge < -0.3 is 10.1 Å². The number of fused-ring (bicyclic) bond motifs is 1. The van der Waals surface area contributed by atoms with Crippen LogP contribution in [0.15, 0.2) is 53.5 Å². The number of amides is 1. The van der Waals surface area contributed by atoms with Gasteiger partial charge in [0.2, 0.25) is 0 Å². The number of aryl methyl sites for hydroxylation is 1. The molecule has 2 unspecified atom stereocenters. The quantitative estimate of drug-likeness (QED) is 0.773. The van der Waals surface area contributed by atoms with E-state index in [0.717, 1.165) is 16.6 Å². The van der Waals surface area contributed by atoms with Crippen LogP contribution in [0.25, 0.3) is 10.9 Å². The van der Waals surface area contributed by atoms with E-state index >= 15 is 0 Å². The van der Waals surface area contributed by atoms with E-state index in [1.54, 1.807) is 24.4 Å². The number of hydrogen-bond acceptors (Lipinski definition) is 5. The average Bonchev–Trinajstić information content (AvgIpc) is 3.11. The first-order valence-corrected chi connectivity index (χ1v) is 8.42. The van der Waals surface area contributed by atoms with Gasteiger partial charge in [0.05, 0.1) is 30.5 Å². The summed E-state index contributed by atoms with van der Waals surface area (Å²) in [5.74, 6) is -0.211. The van der Waals surface area contributed by atoms with E-state index in [4.69, 9.17) is 4.74 Å². The molecule has 1 aromatic carbocycles. The molecule has 1 aliphatic heterocycles. The molecule has 3 heterocycles. The van der Waals surface area contributed by atoms with Crippen LogP contribution in [-0.4, -0.2) is 39.9 Å². The van der Waals surface area contributed by atoms with E-state index in [0.29, 0.717) is 18.8 Å². The summed E-state index contributed by atoms with van der Waals surface area (Å²) in [7, 11) is 0. The van der Waals surface area contributed by atoms with Crippen molar-refractivity contribution < 1.29 is 9.53 Å². The number of nitrogens with zero attached hydrogens (tertiary/aromatic N) is 3. The Bertz CT molecular complexity index is 1030. The topological polar surface area (TPSA) is 86.1 Å². The molecule has 26 heavy (non-hydrogen) atoms. The van der Waals surface area contributed by atoms with Gasteiger partial charge in [-0.2, -0.15) is 5.10 Å². The summed E-state index contributed by atoms with van der Waals surface area (Å²) in [6.45, 7) is 2.50. The Hall–Kier alpha value is -3.06. The molecule has 2 aromatic heterocycles. The summed E-state index contributed by atoms with van der Waals surface area (Å²) >= 11 is 0. The van der Waals surface area contributed by atoms with Crippen molar-refractivity contribution in [3.05, 3.63) is 70.3 Å². The standard InChI is InChI=1S/C19H18N4O3/c1-12-4-7-18(24)23(22-12)17-11-26-10-16(17)21-19(25)14-5-6-15-13(9-14)3-2-8-20-15/h2-9,16-17H,10-11H2,1H3,(H,21,25). The second-order valence-electron chi connectivity index (χ2n) is 6.35. The molecule has 1 amide bonds. The summed E-state index contributed by atoms with van der Waals surface area (Å²) in [4.78, 5) is 29.1. The molecule has 7 nitrogen and oxygen atoms in total. The maximum atomic E-state index is 12.7. The highest BCUT2D eigenvalue weighted by atomic mass is 16.5. The molecule has 132 valence electrons. The summed E-state index contributed by atoms with van der Waals surface area (Å²) < 4.78 is 6.90. The summed E-state index contributed by atoms with van der Waals surface area (Å²) in [5.41, 5.74) is 1.91. The van der Waals surface area contributed by atoms with E-state index < -0.39 is 0 Å². The lowest BCUT2D eigenvalue weighted by molar-refractivity contribution is 0.0925. The molecule has 0 spiro atoms. The summed E-state index contributed by atoms with van der Waals surface area (Å²) in [6, 6.07) is 11.6. The van der Waals surface area contributed by atoms with Gasteiger partial charge in [0.15, 0.2) is 0 Å². The van der Waals surface area contributed by atoms with Crippen molar-refractivity contribution in [1.82, 2.24) is 20.1 Å². The Kier molecular flexibility index (Phi) is 4.22. The molecule has 0 aliphatic carbocycles. The fraction of sp³-hybridized carbons (Fsp3) is 0.263. The van der Waals surface area contributed by atoms with Crippen LogP contribution in [0.2, 0.25) is 0 Å². The molecule has 1 aliphatic rings. The number of nitrogens with one attached hydrogen (secondary N) is 1. The molecular formula is C19H18N4O3. The molecule has 1 saturated heterocycles. The third kappa shape index (κ3) is 3.09. The number of ether oxygens (including phenoxy) is 1. The highest BCUT2D eigenvalue weighted by Crippen LogP contribution is 2.19. The Balaban J connectivity index is 1.57. The van der Waals surface area contributed by atoms with Gasteiger partial charge in [-0.3, -0.25) is 14.6 Å². The van der Waals surface area contributed by atoms with Crippen LogP contribution in [0.3, 0.4) is 0 Å². The smallest absolute Gasteiger partial charge is 0.267 e. The van der Waals surface area contributed by atoms with Gasteiger partial charge in [-0.05, 0) is 37.3 Å². The molecule has 3 aromatic rings. The number of carbonyl (C=O) groups excluding carboxylic acids is 1. The van der Waals surface area contributed by atoms with Crippen LogP contribution in [0.1, 0.15) is 22.1 Å². The van der Waals surface area contributed by atoms with Crippen molar-refractivity contribution >= 4 is 16.8 Å². The number of rotatable bonds is 3. The zero-order chi connectivity index (χ0) is 18.1. The van der Waals surface area contributed by atoms with Gasteiger partial charge in [0.25, 0.3) is 11.5 Å². The second kappa shape index (κ2) is 6.68. The summed E-state index contributed by atoms with van der Waals surface area (Å²) in [5, 5.41) is 8.16. The highest BCUT2D eigenvalue weighted by molar-refractivity contribution is 5.98. The van der Waals surface area contributed by atoms with Gasteiger partial charge in [0, 0.05) is 23.2 Å². The van der Waals surface area contributed by atoms with Gasteiger partial charge in [-0.1, -0.05) is 6.07 Å². The normalized spacial score (nSPS) is 19.6. The molecule has 0 bridgehead atoms. The van der Waals surface area contributed by atoms with Gasteiger partial charge in [0.1, 0.15) is 6.04 Å². The number of aromatic nitrogens is 3. The zero-order valence-electron chi connectivity index (χ0n) is 14.3. The number of pyridine rings is 1. The average molecular weight is 350 g/mol. The highest BCUT2D eigenvalue weighted by Gasteiger charge is 2.32. The minimum Gasteiger partial charge on any atom is -0.377 e. The molecule has 0 saturated carbocycles. The van der Waals surface area contributed by atoms with Crippen LogP contribution in [-0.2, 0) is 4.74 Å². The van der Waals surface area contributed by atoms with Crippen molar-refractivity contribution in [2.24, 2.45) is 0 Å². The van der Waals surface area contributed by atoms with E-state index in [-0.39, 0.29) is 23.6 Å². The van der Waals surface area contributed by atoms with E-state index in [1.165, 1.54) is 10.7 Å². The van der Waals surface area contributed by atoms with Crippen LogP contribution >= 0.6 is 0 Å². The Labute approximate surface area is 149 Å². The lowest BCUT2D eigenvalue weighted by atomic mass is 10.1. The predicted molar refractivity (Wildman–Crippen MR) is 96.1 cm³/mol. The Morgan fingerprint density at radius 3 is 3.00 bits per heavy atom. The van der Waals surface area contributed by atoms with E-state index in [1.807, 2.05) is 25.1 Å². The zero-order valence-corrected chi connectivity index (χ0v) is 14.3. The van der Waals surface area contributed by atoms with E-state index in [9.17, 15) is 9.59 Å². The van der Waals surface area contributed by atoms with Crippen LogP contribution in [0.5, 0.6) is 0 Å². The fourth-order valence-electron chi connectivity index (χ4n) is 3.15. The minimum absolute atomic E-state index is 0.206. The van der Waals surface area contributed by atoms with Crippen molar-refractivity contribution in [2.75, 3.05) is 13.2 Å². The Morgan fingerprint density at radius 1 is 1.23 bits per heavy atom. The molecule has 1 N–H and O–H groups in total. The predicted octanol–water partition coefficient (Wildman–Crippen LogP) is 1.47. The second-order valence-corrected chi connectivity index (χ2v) is 6.35. The summed E-state index contributed by atoms with van der Waals surface area (Å²) in [6.07, 6.45) is 1.72. The number of carbonyl (C=O) groups is 1. The van der Waals surface area contributed by atoms with Crippen molar-refractivity contribution in [2.45, 2.75) is 19.0 Å². The first-order valence-electron chi connectivity index (χ1n) is 8.42. The maximum Gasteiger partial charge on any atom is 0.267 e. The first-order chi connectivity index (χ1) is 12.6. The Morgan fingerprint density at radius 2 is 2.12 bits per heavy atom. The number of hydrogen-bond donors (Lipinski definition) is 1. The van der Waals surface area contributed by atoms with Crippen molar-refractivity contribution in [3.8, 4) is 0 Å². The van der Waals surface area contributed by atoms with Crippen LogP contribution in [0.4, 0.5) is 0 Å². The van der Waals surface area contributed by atoms with Crippen molar-refractivity contribution in [3.63, 3.8) is 0 Å². The van der Waals surface area contributed by atoms with Crippen molar-refractivity contribution in [1.29, 1.82) is 0 Å². The number of benzene rings is 1. The molecular weight excluding hydrogens is 332 g/mol. The first kappa shape index (κ1) is 16.4. The minimum atomic E-state index is -0.325. The molecule has 4 rings (SSSR count). The molecule has 7 heteroatoms. The van der Waals surface area contributed by atoms with Crippen LogP contribution < -0.4 is 10.9 Å². The largest absolute Gasteiger partial charge is 0.377 e. The lowest BCUT2D eigenvalue weighted by Crippen LogP contribution is -2.44. The monoisotopic (exact) mass is 350 g/mol. The lowest BCUT2D eigenvalue weighted by Gasteiger charge is -2.20. The van der Waals surface area contributed by atoms with Gasteiger partial charge in [-0.25, -0.2) is 4.68 Å². The third-order valence-corrected chi connectivity index (χ3v) is 4.50. The van der Waals surface area contributed by atoms with Crippen LogP contribution in [0, 0.1) is 6.92 Å². The third-order valence-electron chi connectivity index (χ3n) is 4.50. The molecule has 1 fully saturated rings. The van der Waals surface area contributed by atoms with E-state index in [2.05, 4.69) is 15.4 Å². The maximum absolute atomic E-state index is 12.7.